The summed E-state index contributed by atoms with van der Waals surface area (Å²) < 4.78 is 23.1. The minimum absolute atomic E-state index is 0.0698. The lowest BCUT2D eigenvalue weighted by atomic mass is 10.0. The van der Waals surface area contributed by atoms with Crippen LogP contribution in [0.4, 0.5) is 0 Å². The van der Waals surface area contributed by atoms with Gasteiger partial charge in [-0.2, -0.15) is 0 Å². The van der Waals surface area contributed by atoms with Crippen molar-refractivity contribution in [3.05, 3.63) is 27.2 Å². The molecule has 0 saturated heterocycles. The van der Waals surface area contributed by atoms with Crippen molar-refractivity contribution in [3.63, 3.8) is 0 Å². The first-order valence-electron chi connectivity index (χ1n) is 5.82. The highest BCUT2D eigenvalue weighted by Crippen LogP contribution is 2.28. The molecule has 0 bridgehead atoms. The molecule has 0 aliphatic carbocycles. The molecule has 0 spiro atoms. The van der Waals surface area contributed by atoms with Gasteiger partial charge < -0.3 is 5.32 Å². The van der Waals surface area contributed by atoms with Gasteiger partial charge in [0.1, 0.15) is 0 Å². The first-order chi connectivity index (χ1) is 8.98. The van der Waals surface area contributed by atoms with Crippen LogP contribution < -0.4 is 10.5 Å². The Morgan fingerprint density at radius 2 is 2.00 bits per heavy atom. The lowest BCUT2D eigenvalue weighted by molar-refractivity contribution is 0.0911. The van der Waals surface area contributed by atoms with Gasteiger partial charge in [-0.1, -0.05) is 18.5 Å². The van der Waals surface area contributed by atoms with E-state index >= 15 is 0 Å². The SMILES string of the molecule is CCC(C)(C)NC(=O)c1cc(S(N)(=O)=O)c(Br)cc1Cl. The summed E-state index contributed by atoms with van der Waals surface area (Å²) in [7, 11) is -3.94. The normalized spacial score (nSPS) is 12.3. The third kappa shape index (κ3) is 4.18. The number of amides is 1. The number of nitrogens with one attached hydrogen (secondary N) is 1. The van der Waals surface area contributed by atoms with Gasteiger partial charge in [0.05, 0.1) is 15.5 Å². The maximum Gasteiger partial charge on any atom is 0.253 e. The number of primary sulfonamides is 1. The molecule has 0 aliphatic rings. The number of hydrogen-bond donors (Lipinski definition) is 2. The number of rotatable bonds is 4. The van der Waals surface area contributed by atoms with Crippen molar-refractivity contribution in [1.82, 2.24) is 5.32 Å². The van der Waals surface area contributed by atoms with E-state index in [2.05, 4.69) is 21.2 Å². The van der Waals surface area contributed by atoms with Crippen LogP contribution in [0.5, 0.6) is 0 Å². The molecule has 0 aromatic heterocycles. The molecule has 5 nitrogen and oxygen atoms in total. The molecule has 0 unspecified atom stereocenters. The molecule has 20 heavy (non-hydrogen) atoms. The maximum atomic E-state index is 12.2. The Bertz CT molecular complexity index is 644. The summed E-state index contributed by atoms with van der Waals surface area (Å²) in [6, 6.07) is 2.51. The van der Waals surface area contributed by atoms with Crippen molar-refractivity contribution in [2.75, 3.05) is 0 Å². The summed E-state index contributed by atoms with van der Waals surface area (Å²) in [5.74, 6) is -0.445. The number of hydrogen-bond acceptors (Lipinski definition) is 3. The number of halogens is 2. The van der Waals surface area contributed by atoms with E-state index in [1.165, 1.54) is 12.1 Å². The molecule has 8 heteroatoms. The summed E-state index contributed by atoms with van der Waals surface area (Å²) in [5.41, 5.74) is -0.352. The Kier molecular flexibility index (Phi) is 5.23. The zero-order valence-electron chi connectivity index (χ0n) is 11.3. The van der Waals surface area contributed by atoms with E-state index in [4.69, 9.17) is 16.7 Å². The van der Waals surface area contributed by atoms with E-state index in [0.717, 1.165) is 6.42 Å². The number of carbonyl (C=O) groups excluding carboxylic acids is 1. The number of nitrogens with two attached hydrogens (primary N) is 1. The average molecular weight is 384 g/mol. The van der Waals surface area contributed by atoms with Crippen LogP contribution >= 0.6 is 27.5 Å². The molecule has 3 N–H and O–H groups in total. The van der Waals surface area contributed by atoms with E-state index in [9.17, 15) is 13.2 Å². The molecule has 1 aromatic rings. The molecule has 1 amide bonds. The van der Waals surface area contributed by atoms with E-state index in [0.29, 0.717) is 0 Å². The molecular weight excluding hydrogens is 368 g/mol. The van der Waals surface area contributed by atoms with Gasteiger partial charge in [0.15, 0.2) is 0 Å². The van der Waals surface area contributed by atoms with Gasteiger partial charge in [0.25, 0.3) is 5.91 Å². The second-order valence-corrected chi connectivity index (χ2v) is 7.79. The summed E-state index contributed by atoms with van der Waals surface area (Å²) in [4.78, 5) is 12.0. The quantitative estimate of drug-likeness (QED) is 0.837. The monoisotopic (exact) mass is 382 g/mol. The Balaban J connectivity index is 3.30. The largest absolute Gasteiger partial charge is 0.347 e. The Morgan fingerprint density at radius 3 is 2.45 bits per heavy atom. The highest BCUT2D eigenvalue weighted by atomic mass is 79.9. The van der Waals surface area contributed by atoms with Crippen LogP contribution in [-0.4, -0.2) is 19.9 Å². The standard InChI is InChI=1S/C12H16BrClN2O3S/c1-4-12(2,3)16-11(17)7-5-10(20(15,18)19)8(13)6-9(7)14/h5-6H,4H2,1-3H3,(H,16,17)(H2,15,18,19). The summed E-state index contributed by atoms with van der Waals surface area (Å²) in [5, 5.41) is 8.03. The minimum Gasteiger partial charge on any atom is -0.347 e. The molecule has 1 aromatic carbocycles. The number of carbonyl (C=O) groups is 1. The van der Waals surface area contributed by atoms with Gasteiger partial charge in [-0.3, -0.25) is 4.79 Å². The van der Waals surface area contributed by atoms with Crippen molar-refractivity contribution < 1.29 is 13.2 Å². The van der Waals surface area contributed by atoms with Crippen LogP contribution in [0.3, 0.4) is 0 Å². The highest BCUT2D eigenvalue weighted by Gasteiger charge is 2.23. The maximum absolute atomic E-state index is 12.2. The predicted molar refractivity (Wildman–Crippen MR) is 82.4 cm³/mol. The summed E-state index contributed by atoms with van der Waals surface area (Å²) in [6.45, 7) is 5.65. The lowest BCUT2D eigenvalue weighted by Crippen LogP contribution is -2.42. The Morgan fingerprint density at radius 1 is 1.45 bits per heavy atom. The van der Waals surface area contributed by atoms with Gasteiger partial charge in [-0.15, -0.1) is 0 Å². The van der Waals surface area contributed by atoms with Crippen LogP contribution in [0.15, 0.2) is 21.5 Å². The van der Waals surface area contributed by atoms with E-state index in [1.54, 1.807) is 0 Å². The van der Waals surface area contributed by atoms with Gasteiger partial charge in [-0.05, 0) is 48.3 Å². The zero-order chi connectivity index (χ0) is 15.7. The highest BCUT2D eigenvalue weighted by molar-refractivity contribution is 9.10. The lowest BCUT2D eigenvalue weighted by Gasteiger charge is -2.24. The van der Waals surface area contributed by atoms with E-state index in [-0.39, 0.29) is 20.0 Å². The third-order valence-corrected chi connectivity index (χ3v) is 5.09. The van der Waals surface area contributed by atoms with Crippen molar-refractivity contribution in [2.24, 2.45) is 5.14 Å². The van der Waals surface area contributed by atoms with E-state index in [1.807, 2.05) is 20.8 Å². The molecule has 0 aliphatic heterocycles. The molecule has 0 radical (unpaired) electrons. The Hall–Kier alpha value is -0.630. The number of sulfonamides is 1. The fourth-order valence-corrected chi connectivity index (χ4v) is 3.40. The predicted octanol–water partition coefficient (Wildman–Crippen LogP) is 2.67. The topological polar surface area (TPSA) is 89.3 Å². The molecule has 0 saturated carbocycles. The molecule has 0 fully saturated rings. The smallest absolute Gasteiger partial charge is 0.253 e. The zero-order valence-corrected chi connectivity index (χ0v) is 14.5. The van der Waals surface area contributed by atoms with Crippen LogP contribution in [-0.2, 0) is 10.0 Å². The molecule has 1 rings (SSSR count). The van der Waals surface area contributed by atoms with Crippen molar-refractivity contribution in [2.45, 2.75) is 37.6 Å². The molecule has 112 valence electrons. The van der Waals surface area contributed by atoms with Crippen LogP contribution in [0.2, 0.25) is 5.02 Å². The first-order valence-corrected chi connectivity index (χ1v) is 8.54. The third-order valence-electron chi connectivity index (χ3n) is 2.91. The van der Waals surface area contributed by atoms with Gasteiger partial charge in [0.2, 0.25) is 10.0 Å². The fourth-order valence-electron chi connectivity index (χ4n) is 1.38. The average Bonchev–Trinajstić information content (AvgIpc) is 2.26. The van der Waals surface area contributed by atoms with Crippen LogP contribution in [0.1, 0.15) is 37.6 Å². The number of benzene rings is 1. The van der Waals surface area contributed by atoms with Crippen LogP contribution in [0.25, 0.3) is 0 Å². The van der Waals surface area contributed by atoms with Crippen molar-refractivity contribution in [1.29, 1.82) is 0 Å². The van der Waals surface area contributed by atoms with Crippen LogP contribution in [0, 0.1) is 0 Å². The van der Waals surface area contributed by atoms with E-state index < -0.39 is 21.5 Å². The second-order valence-electron chi connectivity index (χ2n) is 5.00. The first kappa shape index (κ1) is 17.4. The summed E-state index contributed by atoms with van der Waals surface area (Å²) in [6.07, 6.45) is 0.717. The van der Waals surface area contributed by atoms with Gasteiger partial charge in [0, 0.05) is 10.0 Å². The second kappa shape index (κ2) is 6.01. The fraction of sp³-hybridized carbons (Fsp3) is 0.417. The van der Waals surface area contributed by atoms with Gasteiger partial charge in [-0.25, -0.2) is 13.6 Å². The molecule has 0 heterocycles. The van der Waals surface area contributed by atoms with Crippen molar-refractivity contribution >= 4 is 43.5 Å². The summed E-state index contributed by atoms with van der Waals surface area (Å²) >= 11 is 9.06. The molecular formula is C12H16BrClN2O3S. The Labute approximate surface area is 132 Å². The van der Waals surface area contributed by atoms with Gasteiger partial charge >= 0.3 is 0 Å². The molecule has 0 atom stereocenters. The minimum atomic E-state index is -3.94. The van der Waals surface area contributed by atoms with Crippen molar-refractivity contribution in [3.8, 4) is 0 Å².